The number of primary amides is 1. The normalized spacial score (nSPS) is 14.0. The van der Waals surface area contributed by atoms with Crippen LogP contribution in [0.5, 0.6) is 5.75 Å². The zero-order valence-electron chi connectivity index (χ0n) is 20.7. The number of aryl methyl sites for hydroxylation is 1. The molecule has 1 fully saturated rings. The quantitative estimate of drug-likeness (QED) is 0.385. The first-order chi connectivity index (χ1) is 17.6. The molecule has 1 aliphatic rings. The summed E-state index contributed by atoms with van der Waals surface area (Å²) in [6.45, 7) is 3.84. The summed E-state index contributed by atoms with van der Waals surface area (Å²) in [4.78, 5) is 25.4. The van der Waals surface area contributed by atoms with Crippen LogP contribution in [-0.4, -0.2) is 34.1 Å². The summed E-state index contributed by atoms with van der Waals surface area (Å²) in [5, 5.41) is 7.37. The lowest BCUT2D eigenvalue weighted by molar-refractivity contribution is 0.0931. The van der Waals surface area contributed by atoms with Gasteiger partial charge in [0.25, 0.3) is 11.8 Å². The Balaban J connectivity index is 1.57. The van der Waals surface area contributed by atoms with Crippen molar-refractivity contribution in [1.82, 2.24) is 14.9 Å². The highest BCUT2D eigenvalue weighted by Crippen LogP contribution is 2.36. The number of pyridine rings is 1. The van der Waals surface area contributed by atoms with Crippen LogP contribution in [0.4, 0.5) is 8.78 Å². The van der Waals surface area contributed by atoms with E-state index in [2.05, 4.69) is 10.4 Å². The molecule has 2 aromatic carbocycles. The Morgan fingerprint density at radius 2 is 1.84 bits per heavy atom. The van der Waals surface area contributed by atoms with Gasteiger partial charge in [0.1, 0.15) is 22.8 Å². The van der Waals surface area contributed by atoms with Gasteiger partial charge in [0.15, 0.2) is 5.82 Å². The number of carbonyl (C=O) groups is 2. The summed E-state index contributed by atoms with van der Waals surface area (Å²) in [6, 6.07) is 10.4. The number of benzene rings is 2. The van der Waals surface area contributed by atoms with Gasteiger partial charge in [-0.05, 0) is 85.8 Å². The van der Waals surface area contributed by atoms with E-state index < -0.39 is 17.5 Å². The van der Waals surface area contributed by atoms with Gasteiger partial charge < -0.3 is 15.8 Å². The zero-order chi connectivity index (χ0) is 26.5. The van der Waals surface area contributed by atoms with E-state index >= 15 is 4.39 Å². The van der Waals surface area contributed by atoms with Gasteiger partial charge in [-0.3, -0.25) is 9.59 Å². The molecule has 2 heterocycles. The van der Waals surface area contributed by atoms with Gasteiger partial charge in [0.2, 0.25) is 0 Å². The molecule has 0 unspecified atom stereocenters. The van der Waals surface area contributed by atoms with E-state index in [0.29, 0.717) is 22.4 Å². The number of rotatable bonds is 7. The number of halogens is 2. The number of fused-ring (bicyclic) bond motifs is 1. The second-order valence-corrected chi connectivity index (χ2v) is 9.71. The van der Waals surface area contributed by atoms with Crippen molar-refractivity contribution >= 4 is 17.3 Å². The summed E-state index contributed by atoms with van der Waals surface area (Å²) < 4.78 is 36.0. The van der Waals surface area contributed by atoms with E-state index in [1.807, 2.05) is 13.8 Å². The number of carbonyl (C=O) groups excluding carboxylic acids is 2. The smallest absolute Gasteiger partial charge is 0.255 e. The average molecular weight is 505 g/mol. The SMILES string of the molecule is COc1cc(C)c(Cc2ccn3nc(-c4ccc(F)cc4)c(C(N)=O)c3c2F)cc1C(=O)NC1(C)CC1. The second kappa shape index (κ2) is 8.99. The molecule has 2 amide bonds. The van der Waals surface area contributed by atoms with Crippen molar-refractivity contribution in [2.75, 3.05) is 7.11 Å². The Morgan fingerprint density at radius 1 is 1.14 bits per heavy atom. The van der Waals surface area contributed by atoms with E-state index in [-0.39, 0.29) is 34.6 Å². The molecule has 0 aliphatic heterocycles. The molecule has 1 saturated carbocycles. The first kappa shape index (κ1) is 24.4. The number of aromatic nitrogens is 2. The predicted molar refractivity (Wildman–Crippen MR) is 135 cm³/mol. The summed E-state index contributed by atoms with van der Waals surface area (Å²) in [5.74, 6) is -1.75. The van der Waals surface area contributed by atoms with Gasteiger partial charge in [0.05, 0.1) is 18.2 Å². The number of ether oxygens (including phenoxy) is 1. The molecule has 0 radical (unpaired) electrons. The molecular formula is C28H26F2N4O3. The molecule has 190 valence electrons. The molecule has 9 heteroatoms. The molecular weight excluding hydrogens is 478 g/mol. The van der Waals surface area contributed by atoms with Crippen LogP contribution in [0.2, 0.25) is 0 Å². The van der Waals surface area contributed by atoms with Crippen molar-refractivity contribution in [3.8, 4) is 17.0 Å². The van der Waals surface area contributed by atoms with Crippen LogP contribution in [0.25, 0.3) is 16.8 Å². The van der Waals surface area contributed by atoms with Crippen LogP contribution < -0.4 is 15.8 Å². The minimum atomic E-state index is -0.849. The van der Waals surface area contributed by atoms with Crippen molar-refractivity contribution < 1.29 is 23.1 Å². The largest absolute Gasteiger partial charge is 0.496 e. The lowest BCUT2D eigenvalue weighted by Crippen LogP contribution is -2.34. The molecule has 5 rings (SSSR count). The number of nitrogens with zero attached hydrogens (tertiary/aromatic N) is 2. The topological polar surface area (TPSA) is 98.7 Å². The molecule has 3 N–H and O–H groups in total. The highest BCUT2D eigenvalue weighted by molar-refractivity contribution is 6.05. The summed E-state index contributed by atoms with van der Waals surface area (Å²) >= 11 is 0. The lowest BCUT2D eigenvalue weighted by atomic mass is 9.96. The number of hydrogen-bond donors (Lipinski definition) is 2. The van der Waals surface area contributed by atoms with Gasteiger partial charge in [-0.15, -0.1) is 0 Å². The minimum absolute atomic E-state index is 0.0601. The third kappa shape index (κ3) is 4.52. The van der Waals surface area contributed by atoms with Crippen molar-refractivity contribution in [3.63, 3.8) is 0 Å². The average Bonchev–Trinajstić information content (AvgIpc) is 3.44. The highest BCUT2D eigenvalue weighted by atomic mass is 19.1. The standard InChI is InChI=1S/C28H26F2N4O3/c1-15-12-21(37-3)20(27(36)32-28(2)9-10-28)14-18(15)13-17-8-11-34-25(23(17)30)22(26(31)35)24(33-34)16-4-6-19(29)7-5-16/h4-8,11-12,14H,9-10,13H2,1-3H3,(H2,31,35)(H,32,36). The van der Waals surface area contributed by atoms with E-state index in [1.54, 1.807) is 24.4 Å². The van der Waals surface area contributed by atoms with Gasteiger partial charge >= 0.3 is 0 Å². The second-order valence-electron chi connectivity index (χ2n) is 9.71. The molecule has 0 bridgehead atoms. The maximum absolute atomic E-state index is 15.9. The maximum Gasteiger partial charge on any atom is 0.255 e. The van der Waals surface area contributed by atoms with Crippen molar-refractivity contribution in [2.24, 2.45) is 5.73 Å². The van der Waals surface area contributed by atoms with Gasteiger partial charge in [-0.25, -0.2) is 13.3 Å². The fraction of sp³-hybridized carbons (Fsp3) is 0.250. The van der Waals surface area contributed by atoms with Crippen molar-refractivity contribution in [3.05, 3.63) is 88.1 Å². The van der Waals surface area contributed by atoms with E-state index in [1.165, 1.54) is 35.9 Å². The van der Waals surface area contributed by atoms with Crippen LogP contribution in [-0.2, 0) is 6.42 Å². The summed E-state index contributed by atoms with van der Waals surface area (Å²) in [7, 11) is 1.50. The Hall–Kier alpha value is -4.27. The molecule has 0 saturated heterocycles. The molecule has 7 nitrogen and oxygen atoms in total. The Morgan fingerprint density at radius 3 is 2.46 bits per heavy atom. The predicted octanol–water partition coefficient (Wildman–Crippen LogP) is 4.57. The van der Waals surface area contributed by atoms with Gasteiger partial charge in [-0.1, -0.05) is 0 Å². The van der Waals surface area contributed by atoms with Crippen LogP contribution in [0.15, 0.2) is 48.7 Å². The summed E-state index contributed by atoms with van der Waals surface area (Å²) in [6.07, 6.45) is 3.54. The van der Waals surface area contributed by atoms with Crippen LogP contribution in [0, 0.1) is 18.6 Å². The first-order valence-electron chi connectivity index (χ1n) is 11.9. The first-order valence-corrected chi connectivity index (χ1v) is 11.9. The number of nitrogens with two attached hydrogens (primary N) is 1. The highest BCUT2D eigenvalue weighted by Gasteiger charge is 2.39. The lowest BCUT2D eigenvalue weighted by Gasteiger charge is -2.17. The van der Waals surface area contributed by atoms with Crippen LogP contribution in [0.3, 0.4) is 0 Å². The summed E-state index contributed by atoms with van der Waals surface area (Å²) in [5.41, 5.74) is 8.11. The molecule has 2 aromatic heterocycles. The van der Waals surface area contributed by atoms with E-state index in [4.69, 9.17) is 10.5 Å². The molecule has 4 aromatic rings. The molecule has 0 spiro atoms. The monoisotopic (exact) mass is 504 g/mol. The van der Waals surface area contributed by atoms with Crippen LogP contribution in [0.1, 0.15) is 57.2 Å². The Bertz CT molecular complexity index is 1560. The molecule has 0 atom stereocenters. The number of nitrogens with one attached hydrogen (secondary N) is 1. The van der Waals surface area contributed by atoms with Gasteiger partial charge in [0, 0.05) is 23.7 Å². The Labute approximate surface area is 212 Å². The maximum atomic E-state index is 15.9. The molecule has 37 heavy (non-hydrogen) atoms. The number of hydrogen-bond acceptors (Lipinski definition) is 4. The zero-order valence-corrected chi connectivity index (χ0v) is 20.7. The third-order valence-corrected chi connectivity index (χ3v) is 6.88. The van der Waals surface area contributed by atoms with Crippen molar-refractivity contribution in [1.29, 1.82) is 0 Å². The molecule has 1 aliphatic carbocycles. The van der Waals surface area contributed by atoms with E-state index in [9.17, 15) is 14.0 Å². The third-order valence-electron chi connectivity index (χ3n) is 6.88. The van der Waals surface area contributed by atoms with Crippen LogP contribution >= 0.6 is 0 Å². The van der Waals surface area contributed by atoms with Gasteiger partial charge in [-0.2, -0.15) is 5.10 Å². The fourth-order valence-electron chi connectivity index (χ4n) is 4.44. The number of methoxy groups -OCH3 is 1. The Kier molecular flexibility index (Phi) is 5.94. The minimum Gasteiger partial charge on any atom is -0.496 e. The van der Waals surface area contributed by atoms with E-state index in [0.717, 1.165) is 24.0 Å². The fourth-order valence-corrected chi connectivity index (χ4v) is 4.44. The van der Waals surface area contributed by atoms with Crippen molar-refractivity contribution in [2.45, 2.75) is 38.6 Å². The number of amides is 2.